The van der Waals surface area contributed by atoms with Gasteiger partial charge in [-0.3, -0.25) is 4.79 Å². The molecule has 2 atom stereocenters. The van der Waals surface area contributed by atoms with Gasteiger partial charge in [-0.1, -0.05) is 0 Å². The van der Waals surface area contributed by atoms with Crippen LogP contribution in [-0.4, -0.2) is 50.1 Å². The monoisotopic (exact) mass is 261 g/mol. The van der Waals surface area contributed by atoms with Crippen LogP contribution in [0, 0.1) is 5.41 Å². The normalized spacial score (nSPS) is 35.2. The van der Waals surface area contributed by atoms with E-state index in [0.717, 1.165) is 6.54 Å². The number of hydrogen-bond acceptors (Lipinski definition) is 4. The molecule has 0 spiro atoms. The molecular weight excluding hydrogens is 242 g/mol. The predicted octanol–water partition coefficient (Wildman–Crippen LogP) is -1.12. The van der Waals surface area contributed by atoms with Crippen molar-refractivity contribution in [3.63, 3.8) is 0 Å². The van der Waals surface area contributed by atoms with Crippen molar-refractivity contribution in [2.45, 2.75) is 25.0 Å². The number of nitrogens with one attached hydrogen (secondary N) is 1. The molecule has 7 heteroatoms. The molecule has 2 aliphatic rings. The number of amides is 1. The van der Waals surface area contributed by atoms with Crippen molar-refractivity contribution in [1.82, 2.24) is 9.62 Å². The van der Waals surface area contributed by atoms with E-state index in [-0.39, 0.29) is 11.8 Å². The van der Waals surface area contributed by atoms with Crippen molar-refractivity contribution < 1.29 is 13.2 Å². The van der Waals surface area contributed by atoms with E-state index < -0.39 is 21.3 Å². The van der Waals surface area contributed by atoms with Gasteiger partial charge in [-0.15, -0.1) is 0 Å². The van der Waals surface area contributed by atoms with E-state index in [9.17, 15) is 13.2 Å². The number of nitrogens with two attached hydrogens (primary N) is 1. The molecule has 2 heterocycles. The summed E-state index contributed by atoms with van der Waals surface area (Å²) in [7, 11) is -3.28. The summed E-state index contributed by atoms with van der Waals surface area (Å²) < 4.78 is 26.0. The lowest BCUT2D eigenvalue weighted by atomic mass is 9.89. The highest BCUT2D eigenvalue weighted by atomic mass is 32.2. The summed E-state index contributed by atoms with van der Waals surface area (Å²) >= 11 is 0. The first-order valence-electron chi connectivity index (χ1n) is 5.86. The molecule has 2 fully saturated rings. The second-order valence-electron chi connectivity index (χ2n) is 5.17. The Kier molecular flexibility index (Phi) is 3.17. The Bertz CT molecular complexity index is 417. The van der Waals surface area contributed by atoms with Crippen molar-refractivity contribution >= 4 is 15.9 Å². The maximum Gasteiger partial charge on any atom is 0.224 e. The van der Waals surface area contributed by atoms with Crippen molar-refractivity contribution in [1.29, 1.82) is 0 Å². The summed E-state index contributed by atoms with van der Waals surface area (Å²) in [5, 5.41) is 2.70. The zero-order chi connectivity index (χ0) is 12.7. The Morgan fingerprint density at radius 1 is 1.53 bits per heavy atom. The standard InChI is InChI=1S/C10H19N3O3S/c1-10(9(11)14)3-5-13(7-10)17(15,16)8-2-4-12-6-8/h8,12H,2-7H2,1H3,(H2,11,14). The van der Waals surface area contributed by atoms with Gasteiger partial charge in [-0.2, -0.15) is 0 Å². The highest BCUT2D eigenvalue weighted by Crippen LogP contribution is 2.32. The number of carbonyl (C=O) groups excluding carboxylic acids is 1. The van der Waals surface area contributed by atoms with Gasteiger partial charge in [-0.05, 0) is 26.3 Å². The Balaban J connectivity index is 2.12. The minimum atomic E-state index is -3.28. The second-order valence-corrected chi connectivity index (χ2v) is 7.38. The highest BCUT2D eigenvalue weighted by molar-refractivity contribution is 7.89. The fourth-order valence-electron chi connectivity index (χ4n) is 2.43. The van der Waals surface area contributed by atoms with Gasteiger partial charge >= 0.3 is 0 Å². The van der Waals surface area contributed by atoms with E-state index >= 15 is 0 Å². The highest BCUT2D eigenvalue weighted by Gasteiger charge is 2.45. The van der Waals surface area contributed by atoms with Crippen LogP contribution in [0.5, 0.6) is 0 Å². The molecule has 98 valence electrons. The second kappa shape index (κ2) is 4.22. The van der Waals surface area contributed by atoms with E-state index in [1.54, 1.807) is 6.92 Å². The minimum absolute atomic E-state index is 0.223. The van der Waals surface area contributed by atoms with Crippen molar-refractivity contribution in [3.05, 3.63) is 0 Å². The summed E-state index contributed by atoms with van der Waals surface area (Å²) in [6.07, 6.45) is 1.16. The largest absolute Gasteiger partial charge is 0.369 e. The van der Waals surface area contributed by atoms with Crippen LogP contribution < -0.4 is 11.1 Å². The molecule has 0 aromatic rings. The number of rotatable bonds is 3. The van der Waals surface area contributed by atoms with Crippen LogP contribution in [0.25, 0.3) is 0 Å². The lowest BCUT2D eigenvalue weighted by Gasteiger charge is -2.23. The van der Waals surface area contributed by atoms with Gasteiger partial charge in [0, 0.05) is 19.6 Å². The molecule has 0 saturated carbocycles. The summed E-state index contributed by atoms with van der Waals surface area (Å²) in [6, 6.07) is 0. The van der Waals surface area contributed by atoms with Crippen LogP contribution >= 0.6 is 0 Å². The molecule has 2 rings (SSSR count). The molecule has 0 aliphatic carbocycles. The van der Waals surface area contributed by atoms with Crippen LogP contribution in [0.4, 0.5) is 0 Å². The fraction of sp³-hybridized carbons (Fsp3) is 0.900. The van der Waals surface area contributed by atoms with Crippen LogP contribution in [-0.2, 0) is 14.8 Å². The third-order valence-corrected chi connectivity index (χ3v) is 6.11. The maximum absolute atomic E-state index is 12.3. The molecule has 17 heavy (non-hydrogen) atoms. The van der Waals surface area contributed by atoms with E-state index in [1.165, 1.54) is 4.31 Å². The Hall–Kier alpha value is -0.660. The average Bonchev–Trinajstić information content (AvgIpc) is 2.86. The lowest BCUT2D eigenvalue weighted by Crippen LogP contribution is -2.42. The smallest absolute Gasteiger partial charge is 0.224 e. The van der Waals surface area contributed by atoms with Gasteiger partial charge in [0.05, 0.1) is 10.7 Å². The van der Waals surface area contributed by atoms with Gasteiger partial charge < -0.3 is 11.1 Å². The predicted molar refractivity (Wildman–Crippen MR) is 63.7 cm³/mol. The van der Waals surface area contributed by atoms with Crippen LogP contribution in [0.3, 0.4) is 0 Å². The molecule has 0 radical (unpaired) electrons. The molecule has 0 aromatic heterocycles. The fourth-order valence-corrected chi connectivity index (χ4v) is 4.41. The summed E-state index contributed by atoms with van der Waals surface area (Å²) in [4.78, 5) is 11.3. The zero-order valence-corrected chi connectivity index (χ0v) is 10.8. The van der Waals surface area contributed by atoms with Gasteiger partial charge in [0.2, 0.25) is 15.9 Å². The molecule has 2 saturated heterocycles. The van der Waals surface area contributed by atoms with E-state index in [2.05, 4.69) is 5.32 Å². The third-order valence-electron chi connectivity index (χ3n) is 3.83. The Morgan fingerprint density at radius 3 is 2.71 bits per heavy atom. The SMILES string of the molecule is CC1(C(N)=O)CCN(S(=O)(=O)C2CCNC2)C1. The first-order valence-corrected chi connectivity index (χ1v) is 7.36. The topological polar surface area (TPSA) is 92.5 Å². The van der Waals surface area contributed by atoms with Crippen LogP contribution in [0.15, 0.2) is 0 Å². The molecule has 6 nitrogen and oxygen atoms in total. The van der Waals surface area contributed by atoms with Gasteiger partial charge in [0.25, 0.3) is 0 Å². The number of carbonyl (C=O) groups is 1. The van der Waals surface area contributed by atoms with Crippen molar-refractivity contribution in [3.8, 4) is 0 Å². The maximum atomic E-state index is 12.3. The van der Waals surface area contributed by atoms with Gasteiger partial charge in [0.15, 0.2) is 0 Å². The Labute approximate surface area is 102 Å². The number of nitrogens with zero attached hydrogens (tertiary/aromatic N) is 1. The minimum Gasteiger partial charge on any atom is -0.369 e. The van der Waals surface area contributed by atoms with Crippen molar-refractivity contribution in [2.75, 3.05) is 26.2 Å². The first-order chi connectivity index (χ1) is 7.86. The lowest BCUT2D eigenvalue weighted by molar-refractivity contribution is -0.126. The van der Waals surface area contributed by atoms with Crippen LogP contribution in [0.1, 0.15) is 19.8 Å². The van der Waals surface area contributed by atoms with Crippen molar-refractivity contribution in [2.24, 2.45) is 11.1 Å². The Morgan fingerprint density at radius 2 is 2.24 bits per heavy atom. The molecule has 1 amide bonds. The summed E-state index contributed by atoms with van der Waals surface area (Å²) in [6.45, 7) is 3.61. The van der Waals surface area contributed by atoms with Gasteiger partial charge in [-0.25, -0.2) is 12.7 Å². The summed E-state index contributed by atoms with van der Waals surface area (Å²) in [5.74, 6) is -0.417. The third kappa shape index (κ3) is 2.19. The molecule has 2 aliphatic heterocycles. The molecular formula is C10H19N3O3S. The number of hydrogen-bond donors (Lipinski definition) is 2. The molecule has 3 N–H and O–H groups in total. The molecule has 0 aromatic carbocycles. The van der Waals surface area contributed by atoms with E-state index in [4.69, 9.17) is 5.73 Å². The molecule has 2 unspecified atom stereocenters. The summed E-state index contributed by atoms with van der Waals surface area (Å²) in [5.41, 5.74) is 4.61. The average molecular weight is 261 g/mol. The number of sulfonamides is 1. The van der Waals surface area contributed by atoms with E-state index in [0.29, 0.717) is 25.9 Å². The van der Waals surface area contributed by atoms with Crippen LogP contribution in [0.2, 0.25) is 0 Å². The molecule has 0 bridgehead atoms. The zero-order valence-electron chi connectivity index (χ0n) is 9.98. The quantitative estimate of drug-likeness (QED) is 0.673. The number of primary amides is 1. The first kappa shape index (κ1) is 12.8. The van der Waals surface area contributed by atoms with Gasteiger partial charge in [0.1, 0.15) is 0 Å². The van der Waals surface area contributed by atoms with E-state index in [1.807, 2.05) is 0 Å².